The van der Waals surface area contributed by atoms with Crippen molar-refractivity contribution in [3.63, 3.8) is 0 Å². The molecule has 0 heterocycles. The predicted molar refractivity (Wildman–Crippen MR) is 66.1 cm³/mol. The Labute approximate surface area is 101 Å². The first kappa shape index (κ1) is 13.6. The maximum absolute atomic E-state index is 12.9. The largest absolute Gasteiger partial charge is 0.355 e. The number of carbonyl (C=O) groups is 1. The molecule has 3 N–H and O–H groups in total. The average molecular weight is 238 g/mol. The van der Waals surface area contributed by atoms with Crippen LogP contribution in [-0.2, 0) is 11.2 Å². The van der Waals surface area contributed by atoms with Gasteiger partial charge in [0.05, 0.1) is 0 Å². The van der Waals surface area contributed by atoms with Crippen LogP contribution in [-0.4, -0.2) is 19.0 Å². The second-order valence-electron chi connectivity index (χ2n) is 4.25. The first-order valence-corrected chi connectivity index (χ1v) is 5.77. The fourth-order valence-corrected chi connectivity index (χ4v) is 1.54. The van der Waals surface area contributed by atoms with Gasteiger partial charge in [0.2, 0.25) is 5.91 Å². The summed E-state index contributed by atoms with van der Waals surface area (Å²) in [6, 6.07) is 4.69. The minimum Gasteiger partial charge on any atom is -0.355 e. The number of carbonyl (C=O) groups excluding carboxylic acids is 1. The number of halogens is 1. The van der Waals surface area contributed by atoms with Crippen molar-refractivity contribution in [3.05, 3.63) is 35.1 Å². The van der Waals surface area contributed by atoms with Crippen LogP contribution < -0.4 is 11.1 Å². The van der Waals surface area contributed by atoms with Gasteiger partial charge in [-0.1, -0.05) is 13.0 Å². The molecule has 94 valence electrons. The van der Waals surface area contributed by atoms with Gasteiger partial charge in [0.15, 0.2) is 0 Å². The van der Waals surface area contributed by atoms with E-state index in [1.54, 1.807) is 13.0 Å². The standard InChI is InChI=1S/C13H19FN2O/c1-9-7-12(14)4-3-11(9)5-6-16-13(17)10(2)8-15/h3-4,7,10H,5-6,8,15H2,1-2H3,(H,16,17). The van der Waals surface area contributed by atoms with E-state index >= 15 is 0 Å². The molecular weight excluding hydrogens is 219 g/mol. The Morgan fingerprint density at radius 1 is 1.53 bits per heavy atom. The van der Waals surface area contributed by atoms with Gasteiger partial charge in [-0.15, -0.1) is 0 Å². The third-order valence-electron chi connectivity index (χ3n) is 2.80. The summed E-state index contributed by atoms with van der Waals surface area (Å²) in [5, 5.41) is 2.81. The molecule has 1 rings (SSSR count). The van der Waals surface area contributed by atoms with Gasteiger partial charge >= 0.3 is 0 Å². The van der Waals surface area contributed by atoms with Crippen LogP contribution in [0, 0.1) is 18.7 Å². The van der Waals surface area contributed by atoms with E-state index in [2.05, 4.69) is 5.32 Å². The fraction of sp³-hybridized carbons (Fsp3) is 0.462. The minimum atomic E-state index is -0.230. The summed E-state index contributed by atoms with van der Waals surface area (Å²) >= 11 is 0. The maximum atomic E-state index is 12.9. The van der Waals surface area contributed by atoms with Gasteiger partial charge in [0.25, 0.3) is 0 Å². The molecule has 1 amide bonds. The van der Waals surface area contributed by atoms with E-state index < -0.39 is 0 Å². The highest BCUT2D eigenvalue weighted by atomic mass is 19.1. The van der Waals surface area contributed by atoms with Crippen molar-refractivity contribution < 1.29 is 9.18 Å². The summed E-state index contributed by atoms with van der Waals surface area (Å²) < 4.78 is 12.9. The summed E-state index contributed by atoms with van der Waals surface area (Å²) in [7, 11) is 0. The van der Waals surface area contributed by atoms with Crippen molar-refractivity contribution in [2.45, 2.75) is 20.3 Å². The molecular formula is C13H19FN2O. The van der Waals surface area contributed by atoms with Crippen molar-refractivity contribution >= 4 is 5.91 Å². The molecule has 4 heteroatoms. The first-order valence-electron chi connectivity index (χ1n) is 5.77. The number of hydrogen-bond donors (Lipinski definition) is 2. The molecule has 0 saturated carbocycles. The van der Waals surface area contributed by atoms with E-state index in [9.17, 15) is 9.18 Å². The summed E-state index contributed by atoms with van der Waals surface area (Å²) in [6.07, 6.45) is 0.704. The van der Waals surface area contributed by atoms with Gasteiger partial charge in [-0.05, 0) is 36.6 Å². The van der Waals surface area contributed by atoms with Gasteiger partial charge in [-0.3, -0.25) is 4.79 Å². The Hall–Kier alpha value is -1.42. The highest BCUT2D eigenvalue weighted by Crippen LogP contribution is 2.10. The van der Waals surface area contributed by atoms with Crippen molar-refractivity contribution in [3.8, 4) is 0 Å². The van der Waals surface area contributed by atoms with Crippen molar-refractivity contribution in [1.82, 2.24) is 5.32 Å². The predicted octanol–water partition coefficient (Wildman–Crippen LogP) is 1.39. The van der Waals surface area contributed by atoms with E-state index in [4.69, 9.17) is 5.73 Å². The number of hydrogen-bond acceptors (Lipinski definition) is 2. The summed E-state index contributed by atoms with van der Waals surface area (Å²) in [5.74, 6) is -0.427. The normalized spacial score (nSPS) is 12.2. The van der Waals surface area contributed by atoms with Crippen LogP contribution in [0.5, 0.6) is 0 Å². The molecule has 1 aromatic carbocycles. The molecule has 1 atom stereocenters. The third kappa shape index (κ3) is 4.15. The smallest absolute Gasteiger partial charge is 0.224 e. The summed E-state index contributed by atoms with van der Waals surface area (Å²) in [6.45, 7) is 4.55. The maximum Gasteiger partial charge on any atom is 0.224 e. The molecule has 0 fully saturated rings. The van der Waals surface area contributed by atoms with Crippen LogP contribution in [0.1, 0.15) is 18.1 Å². The highest BCUT2D eigenvalue weighted by molar-refractivity contribution is 5.78. The Morgan fingerprint density at radius 3 is 2.82 bits per heavy atom. The number of aryl methyl sites for hydroxylation is 1. The van der Waals surface area contributed by atoms with E-state index in [0.29, 0.717) is 19.5 Å². The lowest BCUT2D eigenvalue weighted by Gasteiger charge is -2.10. The number of amides is 1. The monoisotopic (exact) mass is 238 g/mol. The molecule has 0 aliphatic carbocycles. The van der Waals surface area contributed by atoms with E-state index in [-0.39, 0.29) is 17.6 Å². The number of benzene rings is 1. The molecule has 0 aromatic heterocycles. The Balaban J connectivity index is 2.43. The first-order chi connectivity index (χ1) is 8.04. The second kappa shape index (κ2) is 6.35. The van der Waals surface area contributed by atoms with E-state index in [1.807, 2.05) is 6.92 Å². The zero-order valence-electron chi connectivity index (χ0n) is 10.3. The van der Waals surface area contributed by atoms with Crippen LogP contribution in [0.2, 0.25) is 0 Å². The van der Waals surface area contributed by atoms with E-state index in [1.165, 1.54) is 12.1 Å². The van der Waals surface area contributed by atoms with Crippen molar-refractivity contribution in [1.29, 1.82) is 0 Å². The lowest BCUT2D eigenvalue weighted by Crippen LogP contribution is -2.34. The van der Waals surface area contributed by atoms with Crippen LogP contribution in [0.15, 0.2) is 18.2 Å². The zero-order valence-corrected chi connectivity index (χ0v) is 10.3. The molecule has 0 radical (unpaired) electrons. The van der Waals surface area contributed by atoms with Gasteiger partial charge in [0.1, 0.15) is 5.82 Å². The zero-order chi connectivity index (χ0) is 12.8. The molecule has 17 heavy (non-hydrogen) atoms. The van der Waals surface area contributed by atoms with Gasteiger partial charge in [-0.25, -0.2) is 4.39 Å². The van der Waals surface area contributed by atoms with Crippen LogP contribution in [0.25, 0.3) is 0 Å². The molecule has 0 aliphatic heterocycles. The lowest BCUT2D eigenvalue weighted by atomic mass is 10.1. The number of nitrogens with one attached hydrogen (secondary N) is 1. The van der Waals surface area contributed by atoms with Gasteiger partial charge in [-0.2, -0.15) is 0 Å². The molecule has 0 aliphatic rings. The second-order valence-corrected chi connectivity index (χ2v) is 4.25. The molecule has 0 saturated heterocycles. The highest BCUT2D eigenvalue weighted by Gasteiger charge is 2.09. The van der Waals surface area contributed by atoms with Crippen molar-refractivity contribution in [2.24, 2.45) is 11.7 Å². The van der Waals surface area contributed by atoms with E-state index in [0.717, 1.165) is 11.1 Å². The molecule has 1 aromatic rings. The Morgan fingerprint density at radius 2 is 2.24 bits per heavy atom. The Bertz CT molecular complexity index is 393. The van der Waals surface area contributed by atoms with Gasteiger partial charge < -0.3 is 11.1 Å². The molecule has 1 unspecified atom stereocenters. The van der Waals surface area contributed by atoms with Crippen LogP contribution in [0.4, 0.5) is 4.39 Å². The SMILES string of the molecule is Cc1cc(F)ccc1CCNC(=O)C(C)CN. The molecule has 0 bridgehead atoms. The Kier molecular flexibility index (Phi) is 5.10. The van der Waals surface area contributed by atoms with Crippen LogP contribution >= 0.6 is 0 Å². The molecule has 3 nitrogen and oxygen atoms in total. The fourth-order valence-electron chi connectivity index (χ4n) is 1.54. The summed E-state index contributed by atoms with van der Waals surface area (Å²) in [5.41, 5.74) is 7.35. The number of nitrogens with two attached hydrogens (primary N) is 1. The molecule has 0 spiro atoms. The van der Waals surface area contributed by atoms with Crippen LogP contribution in [0.3, 0.4) is 0 Å². The minimum absolute atomic E-state index is 0.0349. The van der Waals surface area contributed by atoms with Gasteiger partial charge in [0, 0.05) is 19.0 Å². The topological polar surface area (TPSA) is 55.1 Å². The quantitative estimate of drug-likeness (QED) is 0.814. The number of rotatable bonds is 5. The van der Waals surface area contributed by atoms with Crippen molar-refractivity contribution in [2.75, 3.05) is 13.1 Å². The average Bonchev–Trinajstić information content (AvgIpc) is 2.30. The summed E-state index contributed by atoms with van der Waals surface area (Å²) in [4.78, 5) is 11.5. The third-order valence-corrected chi connectivity index (χ3v) is 2.80. The lowest BCUT2D eigenvalue weighted by molar-refractivity contribution is -0.124.